The lowest BCUT2D eigenvalue weighted by molar-refractivity contribution is 0.503. The van der Waals surface area contributed by atoms with Crippen LogP contribution in [-0.4, -0.2) is 4.21 Å². The van der Waals surface area contributed by atoms with Crippen LogP contribution in [0.3, 0.4) is 0 Å². The predicted octanol–water partition coefficient (Wildman–Crippen LogP) is 0.818. The first-order chi connectivity index (χ1) is 6.06. The molecule has 3 nitrogen and oxygen atoms in total. The number of nitriles is 1. The van der Waals surface area contributed by atoms with Crippen molar-refractivity contribution in [1.82, 2.24) is 0 Å². The molecule has 0 saturated carbocycles. The summed E-state index contributed by atoms with van der Waals surface area (Å²) in [7, 11) is -1.92. The van der Waals surface area contributed by atoms with Gasteiger partial charge in [0, 0.05) is 0 Å². The van der Waals surface area contributed by atoms with Gasteiger partial charge in [0.25, 0.3) is 0 Å². The van der Waals surface area contributed by atoms with E-state index in [1.807, 2.05) is 0 Å². The molecule has 0 amide bonds. The Bertz CT molecular complexity index is 414. The molecule has 0 aliphatic heterocycles. The molecule has 0 heterocycles. The minimum Gasteiger partial charge on any atom is -0.248 e. The van der Waals surface area contributed by atoms with E-state index in [1.54, 1.807) is 0 Å². The Kier molecular flexibility index (Phi) is 2.70. The van der Waals surface area contributed by atoms with Crippen LogP contribution < -0.4 is 5.14 Å². The molecule has 1 aromatic carbocycles. The molecule has 0 bridgehead atoms. The number of hydrogen-bond donors (Lipinski definition) is 1. The van der Waals surface area contributed by atoms with E-state index in [-0.39, 0.29) is 4.90 Å². The monoisotopic (exact) mass is 202 g/mol. The van der Waals surface area contributed by atoms with Crippen molar-refractivity contribution in [2.75, 3.05) is 0 Å². The van der Waals surface area contributed by atoms with E-state index in [2.05, 4.69) is 0 Å². The van der Waals surface area contributed by atoms with Crippen LogP contribution in [-0.2, 0) is 11.0 Å². The highest BCUT2D eigenvalue weighted by molar-refractivity contribution is 7.82. The van der Waals surface area contributed by atoms with Crippen LogP contribution >= 0.6 is 0 Å². The third-order valence-corrected chi connectivity index (χ3v) is 2.05. The highest BCUT2D eigenvalue weighted by atomic mass is 32.2. The van der Waals surface area contributed by atoms with Crippen LogP contribution in [0.1, 0.15) is 5.56 Å². The van der Waals surface area contributed by atoms with Crippen molar-refractivity contribution in [3.8, 4) is 6.07 Å². The lowest BCUT2D eigenvalue weighted by Crippen LogP contribution is -2.04. The van der Waals surface area contributed by atoms with Gasteiger partial charge in [-0.1, -0.05) is 0 Å². The maximum Gasteiger partial charge on any atom is 0.176 e. The molecular weight excluding hydrogens is 198 g/mol. The number of nitrogens with two attached hydrogens (primary N) is 1. The molecule has 0 fully saturated rings. The maximum absolute atomic E-state index is 12.7. The summed E-state index contributed by atoms with van der Waals surface area (Å²) in [6.45, 7) is 0. The Hall–Kier alpha value is -1.32. The zero-order chi connectivity index (χ0) is 10.0. The van der Waals surface area contributed by atoms with Crippen molar-refractivity contribution < 1.29 is 13.0 Å². The van der Waals surface area contributed by atoms with Crippen LogP contribution in [0.5, 0.6) is 0 Å². The van der Waals surface area contributed by atoms with E-state index < -0.39 is 28.2 Å². The topological polar surface area (TPSA) is 66.9 Å². The predicted molar refractivity (Wildman–Crippen MR) is 41.7 cm³/mol. The molecule has 0 spiro atoms. The van der Waals surface area contributed by atoms with Gasteiger partial charge < -0.3 is 0 Å². The van der Waals surface area contributed by atoms with Crippen molar-refractivity contribution in [2.45, 2.75) is 4.90 Å². The number of rotatable bonds is 1. The lowest BCUT2D eigenvalue weighted by atomic mass is 10.2. The van der Waals surface area contributed by atoms with Crippen LogP contribution in [0.25, 0.3) is 0 Å². The van der Waals surface area contributed by atoms with Gasteiger partial charge in [0.15, 0.2) is 11.6 Å². The molecule has 13 heavy (non-hydrogen) atoms. The van der Waals surface area contributed by atoms with Crippen LogP contribution in [0, 0.1) is 23.0 Å². The van der Waals surface area contributed by atoms with Gasteiger partial charge in [0.2, 0.25) is 0 Å². The van der Waals surface area contributed by atoms with Crippen molar-refractivity contribution in [3.05, 3.63) is 29.3 Å². The normalized spacial score (nSPS) is 12.2. The SMILES string of the molecule is N#Cc1cc(S(N)=O)cc(F)c1F. The molecule has 0 saturated heterocycles. The number of benzene rings is 1. The van der Waals surface area contributed by atoms with E-state index in [4.69, 9.17) is 10.4 Å². The van der Waals surface area contributed by atoms with Crippen LogP contribution in [0.15, 0.2) is 17.0 Å². The fraction of sp³-hybridized carbons (Fsp3) is 0. The van der Waals surface area contributed by atoms with Gasteiger partial charge in [-0.05, 0) is 12.1 Å². The molecule has 1 rings (SSSR count). The summed E-state index contributed by atoms with van der Waals surface area (Å²) in [5, 5.41) is 13.3. The molecule has 1 atom stereocenters. The minimum absolute atomic E-state index is 0.115. The molecule has 0 aliphatic carbocycles. The number of nitrogens with zero attached hydrogens (tertiary/aromatic N) is 1. The zero-order valence-electron chi connectivity index (χ0n) is 6.25. The van der Waals surface area contributed by atoms with Gasteiger partial charge in [-0.2, -0.15) is 5.26 Å². The van der Waals surface area contributed by atoms with E-state index in [1.165, 1.54) is 6.07 Å². The van der Waals surface area contributed by atoms with Gasteiger partial charge in [-0.25, -0.2) is 18.1 Å². The highest BCUT2D eigenvalue weighted by Gasteiger charge is 2.11. The first-order valence-electron chi connectivity index (χ1n) is 3.11. The summed E-state index contributed by atoms with van der Waals surface area (Å²) in [4.78, 5) is -0.115. The van der Waals surface area contributed by atoms with Crippen molar-refractivity contribution in [2.24, 2.45) is 5.14 Å². The molecule has 1 aromatic rings. The third kappa shape index (κ3) is 1.88. The second kappa shape index (κ2) is 3.60. The minimum atomic E-state index is -1.92. The van der Waals surface area contributed by atoms with Crippen molar-refractivity contribution >= 4 is 11.0 Å². The Morgan fingerprint density at radius 2 is 2.08 bits per heavy atom. The molecule has 0 aromatic heterocycles. The zero-order valence-corrected chi connectivity index (χ0v) is 7.07. The summed E-state index contributed by atoms with van der Waals surface area (Å²) in [6, 6.07) is 3.08. The first kappa shape index (κ1) is 9.77. The first-order valence-corrected chi connectivity index (χ1v) is 4.33. The highest BCUT2D eigenvalue weighted by Crippen LogP contribution is 2.15. The average molecular weight is 202 g/mol. The molecule has 6 heteroatoms. The van der Waals surface area contributed by atoms with Gasteiger partial charge in [-0.3, -0.25) is 0 Å². The molecule has 0 radical (unpaired) electrons. The Labute approximate surface area is 75.4 Å². The Morgan fingerprint density at radius 1 is 1.46 bits per heavy atom. The maximum atomic E-state index is 12.7. The van der Waals surface area contributed by atoms with E-state index >= 15 is 0 Å². The largest absolute Gasteiger partial charge is 0.248 e. The fourth-order valence-corrected chi connectivity index (χ4v) is 1.22. The van der Waals surface area contributed by atoms with Gasteiger partial charge in [0.1, 0.15) is 17.1 Å². The summed E-state index contributed by atoms with van der Waals surface area (Å²) >= 11 is 0. The van der Waals surface area contributed by atoms with Gasteiger partial charge >= 0.3 is 0 Å². The van der Waals surface area contributed by atoms with Crippen LogP contribution in [0.2, 0.25) is 0 Å². The smallest absolute Gasteiger partial charge is 0.176 e. The number of hydrogen-bond acceptors (Lipinski definition) is 2. The summed E-state index contributed by atoms with van der Waals surface area (Å²) in [5.41, 5.74) is -0.506. The summed E-state index contributed by atoms with van der Waals surface area (Å²) < 4.78 is 36.0. The summed E-state index contributed by atoms with van der Waals surface area (Å²) in [5.74, 6) is -2.48. The molecular formula is C7H4F2N2OS. The van der Waals surface area contributed by atoms with Crippen molar-refractivity contribution in [1.29, 1.82) is 5.26 Å². The quantitative estimate of drug-likeness (QED) is 0.732. The van der Waals surface area contributed by atoms with E-state index in [9.17, 15) is 13.0 Å². The number of halogens is 2. The third-order valence-electron chi connectivity index (χ3n) is 1.35. The second-order valence-corrected chi connectivity index (χ2v) is 3.24. The summed E-state index contributed by atoms with van der Waals surface area (Å²) in [6.07, 6.45) is 0. The molecule has 1 unspecified atom stereocenters. The Balaban J connectivity index is 3.41. The van der Waals surface area contributed by atoms with Crippen molar-refractivity contribution in [3.63, 3.8) is 0 Å². The molecule has 0 aliphatic rings. The fourth-order valence-electron chi connectivity index (χ4n) is 0.762. The standard InChI is InChI=1S/C7H4F2N2OS/c8-6-2-5(13(11)12)1-4(3-10)7(6)9/h1-2H,11H2. The van der Waals surface area contributed by atoms with Gasteiger partial charge in [0.05, 0.1) is 10.5 Å². The second-order valence-electron chi connectivity index (χ2n) is 2.18. The van der Waals surface area contributed by atoms with E-state index in [0.29, 0.717) is 6.07 Å². The Morgan fingerprint density at radius 3 is 2.54 bits per heavy atom. The molecule has 2 N–H and O–H groups in total. The molecule has 68 valence electrons. The van der Waals surface area contributed by atoms with Crippen LogP contribution in [0.4, 0.5) is 8.78 Å². The van der Waals surface area contributed by atoms with Gasteiger partial charge in [-0.15, -0.1) is 0 Å². The lowest BCUT2D eigenvalue weighted by Gasteiger charge is -1.99. The average Bonchev–Trinajstić information content (AvgIpc) is 2.09. The van der Waals surface area contributed by atoms with E-state index in [0.717, 1.165) is 6.07 Å².